The number of benzene rings is 1. The molecule has 1 N–H and O–H groups in total. The normalized spacial score (nSPS) is 23.7. The van der Waals surface area contributed by atoms with E-state index in [9.17, 15) is 22.0 Å². The number of alkyl halides is 2. The van der Waals surface area contributed by atoms with Crippen molar-refractivity contribution in [3.63, 3.8) is 0 Å². The number of methoxy groups -OCH3 is 1. The van der Waals surface area contributed by atoms with Crippen LogP contribution in [-0.4, -0.2) is 49.0 Å². The van der Waals surface area contributed by atoms with E-state index < -0.39 is 34.0 Å². The van der Waals surface area contributed by atoms with Crippen molar-refractivity contribution in [3.05, 3.63) is 48.3 Å². The van der Waals surface area contributed by atoms with E-state index >= 15 is 0 Å². The van der Waals surface area contributed by atoms with E-state index in [0.717, 1.165) is 0 Å². The van der Waals surface area contributed by atoms with Crippen LogP contribution in [0.5, 0.6) is 5.88 Å². The fourth-order valence-electron chi connectivity index (χ4n) is 3.71. The molecule has 1 aromatic carbocycles. The fourth-order valence-corrected chi connectivity index (χ4v) is 5.37. The number of anilines is 1. The van der Waals surface area contributed by atoms with E-state index in [-0.39, 0.29) is 40.3 Å². The first kappa shape index (κ1) is 22.3. The van der Waals surface area contributed by atoms with Gasteiger partial charge in [0.1, 0.15) is 12.3 Å². The van der Waals surface area contributed by atoms with E-state index in [1.165, 1.54) is 43.8 Å². The van der Waals surface area contributed by atoms with E-state index in [1.54, 1.807) is 6.08 Å². The molecule has 10 heteroatoms. The molecule has 2 aliphatic carbocycles. The number of allylic oxidation sites excluding steroid dienone is 1. The first-order chi connectivity index (χ1) is 15.3. The maximum Gasteiger partial charge on any atom is 0.257 e. The number of ether oxygens (including phenoxy) is 1. The number of amides is 1. The molecule has 0 spiro atoms. The van der Waals surface area contributed by atoms with E-state index in [2.05, 4.69) is 15.3 Å². The molecule has 1 amide bonds. The lowest BCUT2D eigenvalue weighted by atomic mass is 9.98. The average molecular weight is 464 g/mol. The minimum atomic E-state index is -3.37. The standard InChI is InChI=1S/C22H23F2N3O4S/c1-31-21-12-25-20(11-26-21)27-22(28)17(8-13-9-18(23)19(24)10-13)14-2-4-15(5-3-14)32(29,30)16-6-7-16/h2-5,8,11-13,16,18-19H,6-7,9-10H2,1H3,(H,25,27,28)/b17-8+/t13?,18-,19+. The largest absolute Gasteiger partial charge is 0.480 e. The number of carbonyl (C=O) groups excluding carboxylic acids is 1. The minimum absolute atomic E-state index is 0.0194. The Labute approximate surface area is 184 Å². The molecule has 0 radical (unpaired) electrons. The van der Waals surface area contributed by atoms with Crippen LogP contribution in [0.25, 0.3) is 5.57 Å². The third kappa shape index (κ3) is 4.79. The van der Waals surface area contributed by atoms with Gasteiger partial charge in [-0.1, -0.05) is 18.2 Å². The summed E-state index contributed by atoms with van der Waals surface area (Å²) >= 11 is 0. The summed E-state index contributed by atoms with van der Waals surface area (Å²) in [7, 11) is -1.93. The van der Waals surface area contributed by atoms with Gasteiger partial charge in [0.2, 0.25) is 5.88 Å². The number of halogens is 2. The monoisotopic (exact) mass is 463 g/mol. The molecular weight excluding hydrogens is 440 g/mol. The summed E-state index contributed by atoms with van der Waals surface area (Å²) in [4.78, 5) is 21.3. The van der Waals surface area contributed by atoms with Crippen molar-refractivity contribution in [2.75, 3.05) is 12.4 Å². The minimum Gasteiger partial charge on any atom is -0.480 e. The number of hydrogen-bond acceptors (Lipinski definition) is 6. The summed E-state index contributed by atoms with van der Waals surface area (Å²) in [5, 5.41) is 2.27. The Morgan fingerprint density at radius 3 is 2.28 bits per heavy atom. The lowest BCUT2D eigenvalue weighted by Gasteiger charge is -2.12. The molecule has 2 aliphatic rings. The second-order valence-corrected chi connectivity index (χ2v) is 10.2. The van der Waals surface area contributed by atoms with E-state index in [0.29, 0.717) is 18.4 Å². The molecule has 0 bridgehead atoms. The van der Waals surface area contributed by atoms with Gasteiger partial charge in [0, 0.05) is 5.57 Å². The van der Waals surface area contributed by atoms with Crippen LogP contribution in [0, 0.1) is 5.92 Å². The predicted molar refractivity (Wildman–Crippen MR) is 114 cm³/mol. The molecule has 2 saturated carbocycles. The fraction of sp³-hybridized carbons (Fsp3) is 0.409. The second kappa shape index (κ2) is 8.93. The summed E-state index contributed by atoms with van der Waals surface area (Å²) in [6.07, 6.45) is 2.33. The number of hydrogen-bond donors (Lipinski definition) is 1. The van der Waals surface area contributed by atoms with Gasteiger partial charge in [-0.3, -0.25) is 4.79 Å². The van der Waals surface area contributed by atoms with Gasteiger partial charge in [-0.15, -0.1) is 0 Å². The van der Waals surface area contributed by atoms with Gasteiger partial charge in [-0.25, -0.2) is 27.2 Å². The van der Waals surface area contributed by atoms with Crippen molar-refractivity contribution < 1.29 is 26.7 Å². The van der Waals surface area contributed by atoms with Gasteiger partial charge in [0.05, 0.1) is 29.6 Å². The molecule has 0 aliphatic heterocycles. The van der Waals surface area contributed by atoms with Crippen LogP contribution in [0.15, 0.2) is 47.6 Å². The van der Waals surface area contributed by atoms with Gasteiger partial charge in [-0.2, -0.15) is 0 Å². The summed E-state index contributed by atoms with van der Waals surface area (Å²) < 4.78 is 57.3. The molecule has 170 valence electrons. The number of rotatable bonds is 7. The molecular formula is C22H23F2N3O4S. The van der Waals surface area contributed by atoms with Crippen LogP contribution in [0.4, 0.5) is 14.6 Å². The summed E-state index contributed by atoms with van der Waals surface area (Å²) in [5.74, 6) is -0.550. The van der Waals surface area contributed by atoms with Crippen molar-refractivity contribution in [3.8, 4) is 5.88 Å². The Hall–Kier alpha value is -2.88. The molecule has 1 aromatic heterocycles. The summed E-state index contributed by atoms with van der Waals surface area (Å²) in [5.41, 5.74) is 0.626. The first-order valence-corrected chi connectivity index (χ1v) is 11.8. The summed E-state index contributed by atoms with van der Waals surface area (Å²) in [6.45, 7) is 0. The van der Waals surface area contributed by atoms with Gasteiger partial charge in [0.25, 0.3) is 5.91 Å². The lowest BCUT2D eigenvalue weighted by molar-refractivity contribution is -0.111. The third-order valence-corrected chi connectivity index (χ3v) is 7.91. The topological polar surface area (TPSA) is 98.2 Å². The van der Waals surface area contributed by atoms with Crippen LogP contribution in [0.1, 0.15) is 31.2 Å². The molecule has 1 unspecified atom stereocenters. The molecule has 3 atom stereocenters. The van der Waals surface area contributed by atoms with Crippen molar-refractivity contribution in [1.82, 2.24) is 9.97 Å². The molecule has 2 aromatic rings. The molecule has 4 rings (SSSR count). The Morgan fingerprint density at radius 2 is 1.75 bits per heavy atom. The average Bonchev–Trinajstić information content (AvgIpc) is 3.59. The van der Waals surface area contributed by atoms with Crippen molar-refractivity contribution in [1.29, 1.82) is 0 Å². The SMILES string of the molecule is COc1cnc(NC(=O)/C(=C/C2C[C@@H](F)[C@@H](F)C2)c2ccc(S(=O)(=O)C3CC3)cc2)cn1. The lowest BCUT2D eigenvalue weighted by Crippen LogP contribution is -2.16. The zero-order valence-corrected chi connectivity index (χ0v) is 18.2. The number of carbonyl (C=O) groups is 1. The zero-order valence-electron chi connectivity index (χ0n) is 17.4. The first-order valence-electron chi connectivity index (χ1n) is 10.3. The Balaban J connectivity index is 1.62. The quantitative estimate of drug-likeness (QED) is 0.631. The smallest absolute Gasteiger partial charge is 0.257 e. The highest BCUT2D eigenvalue weighted by Gasteiger charge is 2.37. The van der Waals surface area contributed by atoms with Crippen LogP contribution in [-0.2, 0) is 14.6 Å². The highest BCUT2D eigenvalue weighted by Crippen LogP contribution is 2.36. The summed E-state index contributed by atoms with van der Waals surface area (Å²) in [6, 6.07) is 5.99. The molecule has 1 heterocycles. The maximum atomic E-state index is 13.7. The number of aromatic nitrogens is 2. The highest BCUT2D eigenvalue weighted by atomic mass is 32.2. The van der Waals surface area contributed by atoms with Gasteiger partial charge < -0.3 is 10.1 Å². The maximum absolute atomic E-state index is 13.7. The van der Waals surface area contributed by atoms with Gasteiger partial charge >= 0.3 is 0 Å². The van der Waals surface area contributed by atoms with Crippen LogP contribution in [0.2, 0.25) is 0 Å². The molecule has 32 heavy (non-hydrogen) atoms. The Morgan fingerprint density at radius 1 is 1.09 bits per heavy atom. The third-order valence-electron chi connectivity index (χ3n) is 5.63. The molecule has 2 fully saturated rings. The van der Waals surface area contributed by atoms with Crippen molar-refractivity contribution >= 4 is 27.1 Å². The second-order valence-electron chi connectivity index (χ2n) is 8.01. The number of sulfone groups is 1. The van der Waals surface area contributed by atoms with Crippen LogP contribution >= 0.6 is 0 Å². The van der Waals surface area contributed by atoms with Crippen molar-refractivity contribution in [2.45, 2.75) is 48.2 Å². The van der Waals surface area contributed by atoms with E-state index in [1.807, 2.05) is 0 Å². The van der Waals surface area contributed by atoms with Crippen LogP contribution < -0.4 is 10.1 Å². The number of nitrogens with one attached hydrogen (secondary N) is 1. The Kier molecular flexibility index (Phi) is 6.23. The van der Waals surface area contributed by atoms with Gasteiger partial charge in [-0.05, 0) is 49.3 Å². The predicted octanol–water partition coefficient (Wildman–Crippen LogP) is 3.53. The van der Waals surface area contributed by atoms with Crippen molar-refractivity contribution in [2.24, 2.45) is 5.92 Å². The van der Waals surface area contributed by atoms with Crippen LogP contribution in [0.3, 0.4) is 0 Å². The zero-order chi connectivity index (χ0) is 22.9. The number of nitrogens with zero attached hydrogens (tertiary/aromatic N) is 2. The molecule has 7 nitrogen and oxygen atoms in total. The van der Waals surface area contributed by atoms with E-state index in [4.69, 9.17) is 4.74 Å². The molecule has 0 saturated heterocycles. The Bertz CT molecular complexity index is 1110. The highest BCUT2D eigenvalue weighted by molar-refractivity contribution is 7.92. The van der Waals surface area contributed by atoms with Gasteiger partial charge in [0.15, 0.2) is 15.7 Å².